The molecule has 1 aromatic carbocycles. The number of hydrazone groups is 1. The summed E-state index contributed by atoms with van der Waals surface area (Å²) in [6.07, 6.45) is 17.9. The molecule has 0 spiro atoms. The highest BCUT2D eigenvalue weighted by atomic mass is 16.1. The summed E-state index contributed by atoms with van der Waals surface area (Å²) in [7, 11) is 1.93. The second kappa shape index (κ2) is 10.4. The van der Waals surface area contributed by atoms with Crippen LogP contribution in [-0.2, 0) is 11.8 Å². The molecule has 2 aliphatic heterocycles. The van der Waals surface area contributed by atoms with Crippen LogP contribution in [0.5, 0.6) is 0 Å². The maximum Gasteiger partial charge on any atom is 0.209 e. The van der Waals surface area contributed by atoms with Crippen LogP contribution >= 0.6 is 0 Å². The number of rotatable bonds is 3. The SMILES string of the molecule is C#Cc1cc2c(cc1-c1cnn(C)c1)C(C)CCN2/C1=N/N(C2CCCC2)CCCN(C=O)CC1C. The van der Waals surface area contributed by atoms with Gasteiger partial charge in [-0.15, -0.1) is 6.42 Å². The summed E-state index contributed by atoms with van der Waals surface area (Å²) in [5.41, 5.74) is 5.43. The first-order valence-electron chi connectivity index (χ1n) is 13.4. The van der Waals surface area contributed by atoms with E-state index in [2.05, 4.69) is 46.9 Å². The number of hydrogen-bond donors (Lipinski definition) is 0. The Bertz CT molecular complexity index is 1170. The summed E-state index contributed by atoms with van der Waals surface area (Å²) >= 11 is 0. The minimum Gasteiger partial charge on any atom is -0.344 e. The Balaban J connectivity index is 1.60. The van der Waals surface area contributed by atoms with Gasteiger partial charge >= 0.3 is 0 Å². The van der Waals surface area contributed by atoms with Gasteiger partial charge in [-0.25, -0.2) is 0 Å². The van der Waals surface area contributed by atoms with E-state index in [1.54, 1.807) is 0 Å². The number of carbonyl (C=O) groups is 1. The van der Waals surface area contributed by atoms with Gasteiger partial charge in [0.2, 0.25) is 6.41 Å². The van der Waals surface area contributed by atoms with Crippen molar-refractivity contribution in [3.63, 3.8) is 0 Å². The van der Waals surface area contributed by atoms with Gasteiger partial charge in [0.05, 0.1) is 6.20 Å². The summed E-state index contributed by atoms with van der Waals surface area (Å²) in [6.45, 7) is 7.75. The molecular formula is C29H38N6O. The van der Waals surface area contributed by atoms with E-state index in [0.29, 0.717) is 18.5 Å². The van der Waals surface area contributed by atoms with Crippen molar-refractivity contribution >= 4 is 17.9 Å². The zero-order chi connectivity index (χ0) is 25.2. The van der Waals surface area contributed by atoms with Gasteiger partial charge in [-0.05, 0) is 49.3 Å². The summed E-state index contributed by atoms with van der Waals surface area (Å²) in [5.74, 6) is 4.53. The standard InChI is InChI=1S/C29H38N6O/c1-5-23-15-28-26(16-27(23)24-17-30-32(4)19-24)21(2)11-14-34(28)29-22(3)18-33(20-36)12-8-13-35(31-29)25-9-6-7-10-25/h1,15-17,19-22,25H,6-14,18H2,2-4H3/b31-29+. The van der Waals surface area contributed by atoms with Crippen molar-refractivity contribution in [2.24, 2.45) is 18.1 Å². The van der Waals surface area contributed by atoms with E-state index in [1.165, 1.54) is 31.2 Å². The van der Waals surface area contributed by atoms with Gasteiger partial charge < -0.3 is 9.80 Å². The Kier molecular flexibility index (Phi) is 7.04. The molecule has 0 saturated heterocycles. The topological polar surface area (TPSA) is 57.0 Å². The van der Waals surface area contributed by atoms with Gasteiger partial charge in [-0.2, -0.15) is 10.2 Å². The fourth-order valence-corrected chi connectivity index (χ4v) is 6.11. The number of amidine groups is 1. The van der Waals surface area contributed by atoms with Crippen LogP contribution in [0.4, 0.5) is 5.69 Å². The third kappa shape index (κ3) is 4.74. The average molecular weight is 487 g/mol. The Morgan fingerprint density at radius 1 is 1.06 bits per heavy atom. The monoisotopic (exact) mass is 486 g/mol. The maximum absolute atomic E-state index is 11.8. The van der Waals surface area contributed by atoms with Crippen LogP contribution < -0.4 is 4.90 Å². The number of carbonyl (C=O) groups excluding carboxylic acids is 1. The molecule has 7 nitrogen and oxygen atoms in total. The van der Waals surface area contributed by atoms with Crippen LogP contribution in [0.15, 0.2) is 29.6 Å². The third-order valence-corrected chi connectivity index (χ3v) is 8.13. The number of nitrogens with zero attached hydrogens (tertiary/aromatic N) is 6. The number of terminal acetylenes is 1. The van der Waals surface area contributed by atoms with E-state index < -0.39 is 0 Å². The molecule has 3 heterocycles. The molecule has 2 aromatic rings. The highest BCUT2D eigenvalue weighted by molar-refractivity contribution is 6.01. The quantitative estimate of drug-likeness (QED) is 0.476. The highest BCUT2D eigenvalue weighted by Gasteiger charge is 2.32. The van der Waals surface area contributed by atoms with Crippen LogP contribution in [0.3, 0.4) is 0 Å². The van der Waals surface area contributed by atoms with Crippen molar-refractivity contribution in [1.82, 2.24) is 19.7 Å². The molecule has 0 N–H and O–H groups in total. The second-order valence-electron chi connectivity index (χ2n) is 10.8. The fourth-order valence-electron chi connectivity index (χ4n) is 6.11. The first kappa shape index (κ1) is 24.4. The fraction of sp³-hybridized carbons (Fsp3) is 0.552. The van der Waals surface area contributed by atoms with Crippen LogP contribution in [0.2, 0.25) is 0 Å². The molecule has 190 valence electrons. The zero-order valence-electron chi connectivity index (χ0n) is 21.9. The maximum atomic E-state index is 11.8. The lowest BCUT2D eigenvalue weighted by Gasteiger charge is -2.39. The van der Waals surface area contributed by atoms with E-state index in [1.807, 2.05) is 29.0 Å². The molecule has 36 heavy (non-hydrogen) atoms. The van der Waals surface area contributed by atoms with E-state index in [9.17, 15) is 4.79 Å². The molecule has 0 radical (unpaired) electrons. The molecule has 3 aliphatic rings. The molecular weight excluding hydrogens is 448 g/mol. The Morgan fingerprint density at radius 3 is 2.56 bits per heavy atom. The number of benzene rings is 1. The molecule has 1 aliphatic carbocycles. The molecule has 7 heteroatoms. The lowest BCUT2D eigenvalue weighted by atomic mass is 9.86. The molecule has 2 unspecified atom stereocenters. The number of anilines is 1. The Morgan fingerprint density at radius 2 is 1.86 bits per heavy atom. The van der Waals surface area contributed by atoms with Crippen molar-refractivity contribution in [2.75, 3.05) is 31.1 Å². The molecule has 1 amide bonds. The van der Waals surface area contributed by atoms with Gasteiger partial charge in [0.25, 0.3) is 0 Å². The van der Waals surface area contributed by atoms with Crippen LogP contribution in [-0.4, -0.2) is 64.2 Å². The first-order valence-corrected chi connectivity index (χ1v) is 13.4. The largest absolute Gasteiger partial charge is 0.344 e. The van der Waals surface area contributed by atoms with Crippen LogP contribution in [0, 0.1) is 18.3 Å². The predicted molar refractivity (Wildman–Crippen MR) is 145 cm³/mol. The van der Waals surface area contributed by atoms with Gasteiger partial charge in [0, 0.05) is 73.8 Å². The number of hydrogen-bond acceptors (Lipinski definition) is 5. The van der Waals surface area contributed by atoms with Crippen LogP contribution in [0.25, 0.3) is 11.1 Å². The van der Waals surface area contributed by atoms with Crippen molar-refractivity contribution in [2.45, 2.75) is 64.3 Å². The number of aromatic nitrogens is 2. The number of amides is 1. The normalized spacial score (nSPS) is 24.8. The minimum atomic E-state index is 0.116. The molecule has 1 saturated carbocycles. The lowest BCUT2D eigenvalue weighted by molar-refractivity contribution is -0.118. The third-order valence-electron chi connectivity index (χ3n) is 8.13. The zero-order valence-corrected chi connectivity index (χ0v) is 21.9. The highest BCUT2D eigenvalue weighted by Crippen LogP contribution is 2.41. The Labute approximate surface area is 215 Å². The second-order valence-corrected chi connectivity index (χ2v) is 10.8. The molecule has 0 bridgehead atoms. The van der Waals surface area contributed by atoms with Crippen LogP contribution in [0.1, 0.15) is 69.4 Å². The van der Waals surface area contributed by atoms with E-state index in [4.69, 9.17) is 11.5 Å². The van der Waals surface area contributed by atoms with Crippen molar-refractivity contribution in [3.05, 3.63) is 35.7 Å². The van der Waals surface area contributed by atoms with E-state index in [0.717, 1.165) is 67.1 Å². The molecule has 1 fully saturated rings. The summed E-state index contributed by atoms with van der Waals surface area (Å²) in [6, 6.07) is 4.94. The summed E-state index contributed by atoms with van der Waals surface area (Å²) in [4.78, 5) is 16.1. The van der Waals surface area contributed by atoms with Gasteiger partial charge in [0.1, 0.15) is 5.84 Å². The molecule has 1 aromatic heterocycles. The molecule has 5 rings (SSSR count). The van der Waals surface area contributed by atoms with Crippen molar-refractivity contribution in [3.8, 4) is 23.5 Å². The summed E-state index contributed by atoms with van der Waals surface area (Å²) < 4.78 is 1.81. The van der Waals surface area contributed by atoms with Gasteiger partial charge in [0.15, 0.2) is 0 Å². The number of fused-ring (bicyclic) bond motifs is 1. The number of aryl methyl sites for hydroxylation is 1. The Hall–Kier alpha value is -3.27. The average Bonchev–Trinajstić information content (AvgIpc) is 3.58. The molecule has 2 atom stereocenters. The van der Waals surface area contributed by atoms with E-state index in [-0.39, 0.29) is 5.92 Å². The van der Waals surface area contributed by atoms with Gasteiger partial charge in [-0.3, -0.25) is 14.5 Å². The van der Waals surface area contributed by atoms with E-state index >= 15 is 0 Å². The predicted octanol–water partition coefficient (Wildman–Crippen LogP) is 4.44. The van der Waals surface area contributed by atoms with Gasteiger partial charge in [-0.1, -0.05) is 32.6 Å². The van der Waals surface area contributed by atoms with Crippen molar-refractivity contribution in [1.29, 1.82) is 0 Å². The first-order chi connectivity index (χ1) is 17.5. The smallest absolute Gasteiger partial charge is 0.209 e. The summed E-state index contributed by atoms with van der Waals surface area (Å²) in [5, 5.41) is 12.1. The minimum absolute atomic E-state index is 0.116. The van der Waals surface area contributed by atoms with Crippen molar-refractivity contribution < 1.29 is 4.79 Å². The lowest BCUT2D eigenvalue weighted by Crippen LogP contribution is -2.44.